The molecule has 2 heterocycles. The molecule has 4 nitrogen and oxygen atoms in total. The van der Waals surface area contributed by atoms with Crippen molar-refractivity contribution in [2.24, 2.45) is 0 Å². The predicted octanol–water partition coefficient (Wildman–Crippen LogP) is 2.79. The topological polar surface area (TPSA) is 46.9 Å². The van der Waals surface area contributed by atoms with Crippen molar-refractivity contribution in [1.82, 2.24) is 9.55 Å². The molecule has 1 N–H and O–H groups in total. The summed E-state index contributed by atoms with van der Waals surface area (Å²) in [5.74, 6) is 0.189. The molecule has 1 aliphatic carbocycles. The maximum Gasteiger partial charge on any atom is 0.349 e. The quantitative estimate of drug-likeness (QED) is 0.823. The Kier molecular flexibility index (Phi) is 2.26. The van der Waals surface area contributed by atoms with Crippen molar-refractivity contribution in [2.75, 3.05) is 5.32 Å². The number of fused-ring (bicyclic) bond motifs is 3. The number of hydrogen-bond acceptors (Lipinski definition) is 3. The molecule has 2 aromatic rings. The van der Waals surface area contributed by atoms with Crippen LogP contribution in [0.25, 0.3) is 10.9 Å². The molecule has 0 radical (unpaired) electrons. The van der Waals surface area contributed by atoms with Crippen LogP contribution in [0.4, 0.5) is 10.2 Å². The molecule has 1 saturated carbocycles. The molecule has 2 aliphatic rings. The van der Waals surface area contributed by atoms with Gasteiger partial charge >= 0.3 is 5.69 Å². The van der Waals surface area contributed by atoms with Gasteiger partial charge in [0.2, 0.25) is 0 Å². The molecule has 0 amide bonds. The highest BCUT2D eigenvalue weighted by atomic mass is 35.5. The van der Waals surface area contributed by atoms with Crippen molar-refractivity contribution in [3.05, 3.63) is 34.0 Å². The number of hydrogen-bond donors (Lipinski definition) is 1. The van der Waals surface area contributed by atoms with Gasteiger partial charge in [-0.1, -0.05) is 6.07 Å². The van der Waals surface area contributed by atoms with Crippen molar-refractivity contribution in [2.45, 2.75) is 37.2 Å². The normalized spacial score (nSPS) is 19.9. The van der Waals surface area contributed by atoms with Crippen LogP contribution in [-0.4, -0.2) is 15.1 Å². The van der Waals surface area contributed by atoms with Gasteiger partial charge in [0.25, 0.3) is 0 Å². The first-order valence-corrected chi connectivity index (χ1v) is 7.10. The molecule has 4 rings (SSSR count). The lowest BCUT2D eigenvalue weighted by Crippen LogP contribution is -2.23. The molecule has 104 valence electrons. The van der Waals surface area contributed by atoms with E-state index in [4.69, 9.17) is 11.6 Å². The summed E-state index contributed by atoms with van der Waals surface area (Å²) >= 11 is 5.95. The van der Waals surface area contributed by atoms with Gasteiger partial charge in [-0.25, -0.2) is 9.18 Å². The molecule has 1 aromatic heterocycles. The Balaban J connectivity index is 2.03. The number of alkyl halides is 1. The lowest BCUT2D eigenvalue weighted by Gasteiger charge is -2.11. The summed E-state index contributed by atoms with van der Waals surface area (Å²) in [5.41, 5.74) is 0.0745. The van der Waals surface area contributed by atoms with Crippen molar-refractivity contribution >= 4 is 28.3 Å². The Bertz CT molecular complexity index is 795. The number of nitrogens with zero attached hydrogens (tertiary/aromatic N) is 2. The fraction of sp³-hybridized carbons (Fsp3) is 0.429. The van der Waals surface area contributed by atoms with E-state index < -0.39 is 16.9 Å². The number of anilines is 1. The predicted molar refractivity (Wildman–Crippen MR) is 75.8 cm³/mol. The Hall–Kier alpha value is -1.62. The lowest BCUT2D eigenvalue weighted by molar-refractivity contribution is 0.610. The Morgan fingerprint density at radius 1 is 1.50 bits per heavy atom. The van der Waals surface area contributed by atoms with E-state index in [1.807, 2.05) is 0 Å². The van der Waals surface area contributed by atoms with Crippen LogP contribution in [-0.2, 0) is 6.54 Å². The molecular weight excluding hydrogens is 281 g/mol. The van der Waals surface area contributed by atoms with Crippen molar-refractivity contribution in [3.8, 4) is 0 Å². The van der Waals surface area contributed by atoms with Gasteiger partial charge < -0.3 is 5.32 Å². The zero-order valence-electron chi connectivity index (χ0n) is 10.9. The second kappa shape index (κ2) is 3.73. The molecule has 20 heavy (non-hydrogen) atoms. The smallest absolute Gasteiger partial charge is 0.349 e. The number of halogens is 2. The van der Waals surface area contributed by atoms with E-state index in [0.717, 1.165) is 12.8 Å². The molecule has 0 saturated heterocycles. The van der Waals surface area contributed by atoms with Crippen LogP contribution in [0.3, 0.4) is 0 Å². The Morgan fingerprint density at radius 3 is 2.90 bits per heavy atom. The van der Waals surface area contributed by atoms with Crippen molar-refractivity contribution < 1.29 is 4.39 Å². The molecule has 0 bridgehead atoms. The third-order valence-corrected chi connectivity index (χ3v) is 4.47. The van der Waals surface area contributed by atoms with E-state index in [9.17, 15) is 9.18 Å². The number of benzene rings is 1. The van der Waals surface area contributed by atoms with Gasteiger partial charge in [-0.2, -0.15) is 4.98 Å². The summed E-state index contributed by atoms with van der Waals surface area (Å²) in [7, 11) is 0. The minimum absolute atomic E-state index is 0.00293. The molecule has 1 fully saturated rings. The van der Waals surface area contributed by atoms with Crippen LogP contribution >= 0.6 is 11.6 Å². The number of aromatic nitrogens is 2. The van der Waals surface area contributed by atoms with Crippen LogP contribution in [0.2, 0.25) is 0 Å². The standard InChI is InChI=1S/C14H13ClFN3O/c1-7(15)8-2-3-9-11(10(8)16)17-13(20)19-6-14(4-5-14)18-12(9)19/h2-3,7,18H,4-6H2,1H3. The summed E-state index contributed by atoms with van der Waals surface area (Å²) in [6, 6.07) is 3.46. The van der Waals surface area contributed by atoms with Crippen LogP contribution in [0.1, 0.15) is 30.7 Å². The molecule has 1 aliphatic heterocycles. The first-order valence-electron chi connectivity index (χ1n) is 6.66. The fourth-order valence-electron chi connectivity index (χ4n) is 2.89. The third kappa shape index (κ3) is 1.53. The monoisotopic (exact) mass is 293 g/mol. The minimum atomic E-state index is -0.496. The lowest BCUT2D eigenvalue weighted by atomic mass is 10.1. The van der Waals surface area contributed by atoms with E-state index >= 15 is 0 Å². The zero-order chi connectivity index (χ0) is 14.1. The summed E-state index contributed by atoms with van der Waals surface area (Å²) in [5, 5.41) is 3.55. The zero-order valence-corrected chi connectivity index (χ0v) is 11.7. The molecule has 1 aromatic carbocycles. The van der Waals surface area contributed by atoms with Crippen molar-refractivity contribution in [3.63, 3.8) is 0 Å². The first kappa shape index (κ1) is 12.1. The minimum Gasteiger partial charge on any atom is -0.364 e. The van der Waals surface area contributed by atoms with Crippen LogP contribution in [0.15, 0.2) is 16.9 Å². The van der Waals surface area contributed by atoms with Crippen LogP contribution < -0.4 is 11.0 Å². The number of nitrogens with one attached hydrogen (secondary N) is 1. The highest BCUT2D eigenvalue weighted by Gasteiger charge is 2.48. The van der Waals surface area contributed by atoms with Gasteiger partial charge in [-0.05, 0) is 25.8 Å². The highest BCUT2D eigenvalue weighted by molar-refractivity contribution is 6.20. The second-order valence-electron chi connectivity index (χ2n) is 5.72. The second-order valence-corrected chi connectivity index (χ2v) is 6.37. The summed E-state index contributed by atoms with van der Waals surface area (Å²) in [6.07, 6.45) is 2.07. The number of rotatable bonds is 1. The van der Waals surface area contributed by atoms with Crippen molar-refractivity contribution in [1.29, 1.82) is 0 Å². The first-order chi connectivity index (χ1) is 9.51. The highest BCUT2D eigenvalue weighted by Crippen LogP contribution is 2.46. The summed E-state index contributed by atoms with van der Waals surface area (Å²) in [4.78, 5) is 16.0. The fourth-order valence-corrected chi connectivity index (χ4v) is 3.06. The molecule has 1 atom stereocenters. The van der Waals surface area contributed by atoms with Gasteiger partial charge in [0.05, 0.1) is 17.5 Å². The van der Waals surface area contributed by atoms with E-state index in [2.05, 4.69) is 10.3 Å². The van der Waals surface area contributed by atoms with E-state index in [1.54, 1.807) is 23.6 Å². The molecule has 6 heteroatoms. The SMILES string of the molecule is CC(Cl)c1ccc2c3n(c(=O)nc2c1F)CC1(CC1)N3. The maximum absolute atomic E-state index is 14.5. The molecular formula is C14H13ClFN3O. The average Bonchev–Trinajstić information content (AvgIpc) is 3.01. The van der Waals surface area contributed by atoms with E-state index in [0.29, 0.717) is 23.3 Å². The summed E-state index contributed by atoms with van der Waals surface area (Å²) < 4.78 is 16.1. The van der Waals surface area contributed by atoms with E-state index in [1.165, 1.54) is 0 Å². The average molecular weight is 294 g/mol. The summed E-state index contributed by atoms with van der Waals surface area (Å²) in [6.45, 7) is 2.32. The molecule has 1 unspecified atom stereocenters. The van der Waals surface area contributed by atoms with Gasteiger partial charge in [0.15, 0.2) is 5.82 Å². The largest absolute Gasteiger partial charge is 0.364 e. The molecule has 1 spiro atoms. The van der Waals surface area contributed by atoms with Gasteiger partial charge in [0, 0.05) is 10.9 Å². The van der Waals surface area contributed by atoms with E-state index in [-0.39, 0.29) is 11.1 Å². The van der Waals surface area contributed by atoms with Gasteiger partial charge in [0.1, 0.15) is 11.3 Å². The van der Waals surface area contributed by atoms with Gasteiger partial charge in [-0.15, -0.1) is 11.6 Å². The Morgan fingerprint density at radius 2 is 2.25 bits per heavy atom. The van der Waals surface area contributed by atoms with Gasteiger partial charge in [-0.3, -0.25) is 4.57 Å². The van der Waals surface area contributed by atoms with Crippen LogP contribution in [0, 0.1) is 5.82 Å². The Labute approximate surface area is 119 Å². The van der Waals surface area contributed by atoms with Crippen LogP contribution in [0.5, 0.6) is 0 Å². The third-order valence-electron chi connectivity index (χ3n) is 4.24. The maximum atomic E-state index is 14.5.